The number of anilines is 1. The van der Waals surface area contributed by atoms with Gasteiger partial charge in [-0.2, -0.15) is 10.1 Å². The van der Waals surface area contributed by atoms with Gasteiger partial charge in [-0.05, 0) is 67.0 Å². The second kappa shape index (κ2) is 12.6. The van der Waals surface area contributed by atoms with E-state index in [1.807, 2.05) is 49.0 Å². The zero-order chi connectivity index (χ0) is 32.5. The topological polar surface area (TPSA) is 119 Å². The highest BCUT2D eigenvalue weighted by atomic mass is 32.2. The molecule has 1 aliphatic heterocycles. The minimum Gasteiger partial charge on any atom is -0.475 e. The van der Waals surface area contributed by atoms with Gasteiger partial charge in [-0.1, -0.05) is 58.9 Å². The highest BCUT2D eigenvalue weighted by Crippen LogP contribution is 2.31. The molecule has 0 aliphatic carbocycles. The number of carbonyl (C=O) groups excluding carboxylic acids is 1. The molecule has 0 fully saturated rings. The van der Waals surface area contributed by atoms with Gasteiger partial charge in [-0.3, -0.25) is 9.48 Å². The summed E-state index contributed by atoms with van der Waals surface area (Å²) >= 11 is 0. The second-order valence-electron chi connectivity index (χ2n) is 13.4. The van der Waals surface area contributed by atoms with Crippen molar-refractivity contribution in [1.82, 2.24) is 24.6 Å². The maximum atomic E-state index is 14.3. The Morgan fingerprint density at radius 1 is 1.02 bits per heavy atom. The predicted molar refractivity (Wildman–Crippen MR) is 174 cm³/mol. The molecule has 45 heavy (non-hydrogen) atoms. The zero-order valence-electron chi connectivity index (χ0n) is 27.0. The largest absolute Gasteiger partial charge is 0.475 e. The van der Waals surface area contributed by atoms with E-state index in [-0.39, 0.29) is 52.8 Å². The summed E-state index contributed by atoms with van der Waals surface area (Å²) in [4.78, 5) is 25.1. The van der Waals surface area contributed by atoms with Gasteiger partial charge >= 0.3 is 0 Å². The van der Waals surface area contributed by atoms with Crippen LogP contribution in [0.4, 0.5) is 5.95 Å². The number of nitrogens with one attached hydrogen (secondary N) is 1. The molecule has 4 aromatic rings. The molecule has 4 bridgehead atoms. The van der Waals surface area contributed by atoms with E-state index >= 15 is 0 Å². The summed E-state index contributed by atoms with van der Waals surface area (Å²) in [6.07, 6.45) is 2.54. The van der Waals surface area contributed by atoms with Crippen LogP contribution in [0.25, 0.3) is 11.3 Å². The maximum Gasteiger partial charge on any atom is 0.264 e. The molecule has 0 radical (unpaired) electrons. The average molecular weight is 631 g/mol. The number of nitrogens with zero attached hydrogens (tertiary/aromatic N) is 5. The molecule has 5 rings (SSSR count). The third kappa shape index (κ3) is 7.70. The van der Waals surface area contributed by atoms with Crippen molar-refractivity contribution in [3.8, 4) is 17.1 Å². The molecule has 0 saturated heterocycles. The van der Waals surface area contributed by atoms with E-state index in [2.05, 4.69) is 49.3 Å². The van der Waals surface area contributed by atoms with Crippen molar-refractivity contribution in [3.63, 3.8) is 0 Å². The highest BCUT2D eigenvalue weighted by molar-refractivity contribution is 7.92. The van der Waals surface area contributed by atoms with Gasteiger partial charge in [-0.15, -0.1) is 0 Å². The molecule has 11 heteroatoms. The lowest BCUT2D eigenvalue weighted by Gasteiger charge is -2.35. The molecule has 1 aliphatic rings. The molecule has 238 valence electrons. The number of sulfonamides is 1. The van der Waals surface area contributed by atoms with Crippen LogP contribution in [0.3, 0.4) is 0 Å². The van der Waals surface area contributed by atoms with Crippen LogP contribution in [0.15, 0.2) is 65.7 Å². The van der Waals surface area contributed by atoms with E-state index in [0.717, 1.165) is 28.9 Å². The van der Waals surface area contributed by atoms with Crippen LogP contribution in [0, 0.1) is 25.2 Å². The Morgan fingerprint density at radius 3 is 2.42 bits per heavy atom. The monoisotopic (exact) mass is 630 g/mol. The maximum absolute atomic E-state index is 14.3. The van der Waals surface area contributed by atoms with Gasteiger partial charge in [0.25, 0.3) is 15.9 Å². The van der Waals surface area contributed by atoms with Gasteiger partial charge in [0.1, 0.15) is 6.61 Å². The summed E-state index contributed by atoms with van der Waals surface area (Å²) in [5, 5.41) is 4.75. The molecule has 2 aromatic carbocycles. The summed E-state index contributed by atoms with van der Waals surface area (Å²) in [6, 6.07) is 15.3. The van der Waals surface area contributed by atoms with E-state index in [4.69, 9.17) is 9.84 Å². The number of aromatic nitrogens is 4. The van der Waals surface area contributed by atoms with Gasteiger partial charge in [-0.25, -0.2) is 18.1 Å². The first-order valence-corrected chi connectivity index (χ1v) is 16.7. The second-order valence-corrected chi connectivity index (χ2v) is 15.1. The minimum atomic E-state index is -4.15. The van der Waals surface area contributed by atoms with Crippen LogP contribution in [-0.2, 0) is 23.1 Å². The number of aryl methyl sites for hydroxylation is 2. The molecule has 1 N–H and O–H groups in total. The van der Waals surface area contributed by atoms with Crippen LogP contribution in [0.2, 0.25) is 0 Å². The fourth-order valence-corrected chi connectivity index (χ4v) is 6.67. The number of hydrogen-bond donors (Lipinski definition) is 1. The van der Waals surface area contributed by atoms with E-state index in [1.54, 1.807) is 23.1 Å². The molecule has 1 atom stereocenters. The lowest BCUT2D eigenvalue weighted by Crippen LogP contribution is -2.45. The summed E-state index contributed by atoms with van der Waals surface area (Å²) in [5.74, 6) is 0.202. The summed E-state index contributed by atoms with van der Waals surface area (Å²) < 4.78 is 38.0. The number of ether oxygens (including phenoxy) is 1. The molecule has 3 heterocycles. The Balaban J connectivity index is 1.65. The Labute approximate surface area is 265 Å². The van der Waals surface area contributed by atoms with Crippen LogP contribution < -0.4 is 9.46 Å². The summed E-state index contributed by atoms with van der Waals surface area (Å²) in [7, 11) is -4.15. The van der Waals surface area contributed by atoms with Gasteiger partial charge in [0, 0.05) is 29.9 Å². The van der Waals surface area contributed by atoms with Gasteiger partial charge < -0.3 is 9.64 Å². The lowest BCUT2D eigenvalue weighted by molar-refractivity contribution is 0.0508. The van der Waals surface area contributed by atoms with Crippen molar-refractivity contribution in [3.05, 3.63) is 83.2 Å². The number of benzene rings is 2. The first-order chi connectivity index (χ1) is 21.2. The zero-order valence-corrected chi connectivity index (χ0v) is 27.9. The Hall–Kier alpha value is -4.25. The summed E-state index contributed by atoms with van der Waals surface area (Å²) in [5.41, 5.74) is 4.20. The first-order valence-electron chi connectivity index (χ1n) is 15.2. The number of amides is 1. The van der Waals surface area contributed by atoms with Gasteiger partial charge in [0.15, 0.2) is 0 Å². The van der Waals surface area contributed by atoms with E-state index in [0.29, 0.717) is 18.0 Å². The Bertz CT molecular complexity index is 1790. The van der Waals surface area contributed by atoms with Crippen molar-refractivity contribution in [1.29, 1.82) is 0 Å². The lowest BCUT2D eigenvalue weighted by atomic mass is 9.87. The molecule has 1 amide bonds. The van der Waals surface area contributed by atoms with Crippen molar-refractivity contribution in [2.24, 2.45) is 11.3 Å². The average Bonchev–Trinajstić information content (AvgIpc) is 3.38. The third-order valence-electron chi connectivity index (χ3n) is 7.61. The molecule has 10 nitrogen and oxygen atoms in total. The highest BCUT2D eigenvalue weighted by Gasteiger charge is 2.32. The third-order valence-corrected chi connectivity index (χ3v) is 8.94. The molecule has 2 aromatic heterocycles. The predicted octanol–water partition coefficient (Wildman–Crippen LogP) is 6.25. The Kier molecular flexibility index (Phi) is 9.02. The smallest absolute Gasteiger partial charge is 0.264 e. The van der Waals surface area contributed by atoms with Crippen molar-refractivity contribution < 1.29 is 17.9 Å². The van der Waals surface area contributed by atoms with Gasteiger partial charge in [0.2, 0.25) is 11.8 Å². The normalized spacial score (nSPS) is 16.8. The SMILES string of the molecule is Cc1cccc(C)c1-c1cc2nc(n1)NS(=O)(=O)c1cccc(c1)C(=O)N(Cc1ccn(CC(C)C)n1)[C@H](CC(C)(C)C)CO2. The molecule has 0 spiro atoms. The number of carbonyl (C=O) groups is 1. The van der Waals surface area contributed by atoms with Crippen molar-refractivity contribution in [2.75, 3.05) is 11.3 Å². The van der Waals surface area contributed by atoms with Crippen molar-refractivity contribution >= 4 is 21.9 Å². The standard InChI is InChI=1S/C34H42N6O4S/c1-22(2)19-39-15-14-26(37-39)20-40-27(18-34(5,6)7)21-44-30-17-29(31-23(3)10-8-11-24(31)4)35-33(36-30)38-45(42,43)28-13-9-12-25(16-28)32(40)41/h8-17,22,27H,18-21H2,1-7H3,(H,35,36,38)/t27-/m1/s1. The van der Waals surface area contributed by atoms with Crippen LogP contribution >= 0.6 is 0 Å². The summed E-state index contributed by atoms with van der Waals surface area (Å²) in [6.45, 7) is 15.7. The van der Waals surface area contributed by atoms with Crippen molar-refractivity contribution in [2.45, 2.75) is 78.9 Å². The number of fused-ring (bicyclic) bond motifs is 4. The fraction of sp³-hybridized carbons (Fsp3) is 0.412. The van der Waals surface area contributed by atoms with E-state index in [1.165, 1.54) is 12.1 Å². The van der Waals surface area contributed by atoms with Crippen LogP contribution in [0.5, 0.6) is 5.88 Å². The number of hydrogen-bond acceptors (Lipinski definition) is 7. The van der Waals surface area contributed by atoms with E-state index < -0.39 is 10.0 Å². The minimum absolute atomic E-state index is 0.0651. The fourth-order valence-electron chi connectivity index (χ4n) is 5.68. The molecular formula is C34H42N6O4S. The number of rotatable bonds is 6. The van der Waals surface area contributed by atoms with Crippen LogP contribution in [-0.4, -0.2) is 51.6 Å². The van der Waals surface area contributed by atoms with Crippen LogP contribution in [0.1, 0.15) is 68.2 Å². The van der Waals surface area contributed by atoms with Gasteiger partial charge in [0.05, 0.1) is 28.9 Å². The molecule has 0 saturated carbocycles. The first kappa shape index (κ1) is 32.2. The van der Waals surface area contributed by atoms with E-state index in [9.17, 15) is 13.2 Å². The molecular weight excluding hydrogens is 588 g/mol. The Morgan fingerprint density at radius 2 is 1.73 bits per heavy atom. The quantitative estimate of drug-likeness (QED) is 0.267. The molecule has 0 unspecified atom stereocenters.